The zero-order chi connectivity index (χ0) is 19.5. The van der Waals surface area contributed by atoms with Crippen LogP contribution in [0.5, 0.6) is 0 Å². The molecule has 0 spiro atoms. The third-order valence-corrected chi connectivity index (χ3v) is 6.12. The van der Waals surface area contributed by atoms with Gasteiger partial charge < -0.3 is 9.64 Å². The van der Waals surface area contributed by atoms with Gasteiger partial charge in [-0.25, -0.2) is 9.36 Å². The van der Waals surface area contributed by atoms with Crippen molar-refractivity contribution in [2.75, 3.05) is 6.54 Å². The van der Waals surface area contributed by atoms with E-state index >= 15 is 0 Å². The Hall–Kier alpha value is -2.49. The third-order valence-electron chi connectivity index (χ3n) is 6.12. The standard InChI is InChI=1S/C24H28N2O2/c1-24(2,3)28-23(27)26-20-11-7-5-9-17(20)18-14-15-25-19-10-6-4-8-16(19)12-13-21(25)22(18)26/h5,7,9,11-13,21H,4,6,8,10,14-15H2,1-3H3/t21-/m1/s1. The van der Waals surface area contributed by atoms with Gasteiger partial charge in [0.15, 0.2) is 0 Å². The minimum absolute atomic E-state index is 0.112. The molecule has 0 unspecified atom stereocenters. The number of carbonyl (C=O) groups excluding carboxylic acids is 1. The molecular weight excluding hydrogens is 348 g/mol. The average molecular weight is 377 g/mol. The van der Waals surface area contributed by atoms with E-state index in [1.807, 2.05) is 37.5 Å². The van der Waals surface area contributed by atoms with Gasteiger partial charge in [-0.05, 0) is 70.1 Å². The van der Waals surface area contributed by atoms with Gasteiger partial charge in [-0.2, -0.15) is 0 Å². The van der Waals surface area contributed by atoms with Crippen LogP contribution < -0.4 is 0 Å². The molecule has 1 aromatic carbocycles. The summed E-state index contributed by atoms with van der Waals surface area (Å²) in [6, 6.07) is 8.36. The molecule has 0 saturated heterocycles. The van der Waals surface area contributed by atoms with Crippen LogP contribution in [0.2, 0.25) is 0 Å². The number of allylic oxidation sites excluding steroid dienone is 3. The second-order valence-electron chi connectivity index (χ2n) is 9.12. The molecule has 4 heteroatoms. The van der Waals surface area contributed by atoms with Crippen LogP contribution in [0.4, 0.5) is 4.79 Å². The van der Waals surface area contributed by atoms with Crippen molar-refractivity contribution in [3.05, 3.63) is 58.9 Å². The van der Waals surface area contributed by atoms with Crippen molar-refractivity contribution in [3.8, 4) is 0 Å². The molecular formula is C24H28N2O2. The molecule has 1 atom stereocenters. The Morgan fingerprint density at radius 2 is 1.89 bits per heavy atom. The zero-order valence-corrected chi connectivity index (χ0v) is 17.0. The Balaban J connectivity index is 1.68. The molecule has 0 N–H and O–H groups in total. The number of carbonyl (C=O) groups is 1. The summed E-state index contributed by atoms with van der Waals surface area (Å²) in [6.45, 7) is 6.79. The van der Waals surface area contributed by atoms with Crippen molar-refractivity contribution in [3.63, 3.8) is 0 Å². The molecule has 0 saturated carbocycles. The summed E-state index contributed by atoms with van der Waals surface area (Å²) in [7, 11) is 0. The summed E-state index contributed by atoms with van der Waals surface area (Å²) in [5.41, 5.74) is 5.81. The number of para-hydroxylation sites is 1. The van der Waals surface area contributed by atoms with E-state index in [2.05, 4.69) is 29.2 Å². The lowest BCUT2D eigenvalue weighted by Gasteiger charge is -2.43. The normalized spacial score (nSPS) is 21.4. The molecule has 0 amide bonds. The molecule has 0 radical (unpaired) electrons. The summed E-state index contributed by atoms with van der Waals surface area (Å²) in [4.78, 5) is 15.8. The van der Waals surface area contributed by atoms with Gasteiger partial charge in [0.25, 0.3) is 0 Å². The third kappa shape index (κ3) is 2.69. The molecule has 2 aromatic rings. The topological polar surface area (TPSA) is 34.5 Å². The zero-order valence-electron chi connectivity index (χ0n) is 17.0. The summed E-state index contributed by atoms with van der Waals surface area (Å²) in [6.07, 6.45) is 10.2. The first-order chi connectivity index (χ1) is 13.4. The van der Waals surface area contributed by atoms with Crippen molar-refractivity contribution in [1.29, 1.82) is 0 Å². The van der Waals surface area contributed by atoms with Crippen LogP contribution in [0.15, 0.2) is 47.7 Å². The van der Waals surface area contributed by atoms with Crippen LogP contribution in [0, 0.1) is 0 Å². The van der Waals surface area contributed by atoms with Gasteiger partial charge >= 0.3 is 6.09 Å². The van der Waals surface area contributed by atoms with E-state index in [-0.39, 0.29) is 12.1 Å². The Labute approximate surface area is 166 Å². The van der Waals surface area contributed by atoms with Gasteiger partial charge in [-0.15, -0.1) is 0 Å². The number of aromatic nitrogens is 1. The lowest BCUT2D eigenvalue weighted by atomic mass is 9.87. The highest BCUT2D eigenvalue weighted by Gasteiger charge is 2.37. The summed E-state index contributed by atoms with van der Waals surface area (Å²) in [5.74, 6) is 0. The first-order valence-corrected chi connectivity index (χ1v) is 10.5. The van der Waals surface area contributed by atoms with Crippen molar-refractivity contribution in [2.24, 2.45) is 0 Å². The molecule has 0 bridgehead atoms. The molecule has 28 heavy (non-hydrogen) atoms. The summed E-state index contributed by atoms with van der Waals surface area (Å²) >= 11 is 0. The van der Waals surface area contributed by atoms with Crippen molar-refractivity contribution < 1.29 is 9.53 Å². The number of fused-ring (bicyclic) bond motifs is 6. The minimum Gasteiger partial charge on any atom is -0.443 e. The van der Waals surface area contributed by atoms with E-state index in [0.29, 0.717) is 0 Å². The van der Waals surface area contributed by atoms with E-state index in [1.165, 1.54) is 41.5 Å². The van der Waals surface area contributed by atoms with Crippen LogP contribution in [0.3, 0.4) is 0 Å². The van der Waals surface area contributed by atoms with Gasteiger partial charge in [0, 0.05) is 17.6 Å². The maximum absolute atomic E-state index is 13.3. The van der Waals surface area contributed by atoms with E-state index in [0.717, 1.165) is 30.6 Å². The highest BCUT2D eigenvalue weighted by atomic mass is 16.6. The van der Waals surface area contributed by atoms with Crippen molar-refractivity contribution in [1.82, 2.24) is 9.47 Å². The largest absolute Gasteiger partial charge is 0.443 e. The van der Waals surface area contributed by atoms with Gasteiger partial charge in [0.2, 0.25) is 0 Å². The second-order valence-corrected chi connectivity index (χ2v) is 9.12. The van der Waals surface area contributed by atoms with Gasteiger partial charge in [-0.1, -0.05) is 30.4 Å². The molecule has 3 aliphatic rings. The quantitative estimate of drug-likeness (QED) is 0.589. The molecule has 1 aromatic heterocycles. The SMILES string of the molecule is CC(C)(C)OC(=O)n1c2c(c3ccccc31)CCN1C3=C(C=C[C@H]21)CCCC3. The van der Waals surface area contributed by atoms with Crippen LogP contribution in [0.1, 0.15) is 63.8 Å². The molecule has 2 aliphatic heterocycles. The fourth-order valence-corrected chi connectivity index (χ4v) is 5.05. The van der Waals surface area contributed by atoms with E-state index in [4.69, 9.17) is 4.74 Å². The first-order valence-electron chi connectivity index (χ1n) is 10.5. The Morgan fingerprint density at radius 1 is 1.11 bits per heavy atom. The number of hydrogen-bond donors (Lipinski definition) is 0. The number of nitrogens with zero attached hydrogens (tertiary/aromatic N) is 2. The minimum atomic E-state index is -0.523. The van der Waals surface area contributed by atoms with Crippen LogP contribution in [0.25, 0.3) is 10.9 Å². The lowest BCUT2D eigenvalue weighted by Crippen LogP contribution is -2.39. The van der Waals surface area contributed by atoms with Gasteiger partial charge in [0.1, 0.15) is 5.60 Å². The van der Waals surface area contributed by atoms with Crippen molar-refractivity contribution in [2.45, 2.75) is 64.5 Å². The molecule has 5 rings (SSSR count). The second kappa shape index (κ2) is 6.26. The van der Waals surface area contributed by atoms with E-state index < -0.39 is 5.60 Å². The number of rotatable bonds is 0. The molecule has 0 fully saturated rings. The monoisotopic (exact) mass is 376 g/mol. The molecule has 146 valence electrons. The van der Waals surface area contributed by atoms with Crippen LogP contribution >= 0.6 is 0 Å². The van der Waals surface area contributed by atoms with Gasteiger partial charge in [-0.3, -0.25) is 0 Å². The Bertz CT molecular complexity index is 1020. The predicted molar refractivity (Wildman–Crippen MR) is 111 cm³/mol. The van der Waals surface area contributed by atoms with E-state index in [1.54, 1.807) is 0 Å². The van der Waals surface area contributed by atoms with Crippen LogP contribution in [-0.2, 0) is 11.2 Å². The number of benzene rings is 1. The molecule has 1 aliphatic carbocycles. The maximum Gasteiger partial charge on any atom is 0.419 e. The summed E-state index contributed by atoms with van der Waals surface area (Å²) in [5, 5.41) is 1.18. The highest BCUT2D eigenvalue weighted by Crippen LogP contribution is 2.44. The number of hydrogen-bond acceptors (Lipinski definition) is 3. The summed E-state index contributed by atoms with van der Waals surface area (Å²) < 4.78 is 7.65. The fraction of sp³-hybridized carbons (Fsp3) is 0.458. The smallest absolute Gasteiger partial charge is 0.419 e. The molecule has 4 nitrogen and oxygen atoms in total. The van der Waals surface area contributed by atoms with E-state index in [9.17, 15) is 4.79 Å². The van der Waals surface area contributed by atoms with Crippen molar-refractivity contribution >= 4 is 17.0 Å². The number of ether oxygens (including phenoxy) is 1. The lowest BCUT2D eigenvalue weighted by molar-refractivity contribution is 0.0532. The Morgan fingerprint density at radius 3 is 2.71 bits per heavy atom. The van der Waals surface area contributed by atoms with Gasteiger partial charge in [0.05, 0.1) is 17.3 Å². The fourth-order valence-electron chi connectivity index (χ4n) is 5.05. The average Bonchev–Trinajstić information content (AvgIpc) is 3.01. The first kappa shape index (κ1) is 17.6. The predicted octanol–water partition coefficient (Wildman–Crippen LogP) is 5.72. The maximum atomic E-state index is 13.3. The highest BCUT2D eigenvalue weighted by molar-refractivity contribution is 5.94. The Kier molecular flexibility index (Phi) is 3.94. The van der Waals surface area contributed by atoms with Crippen LogP contribution in [-0.4, -0.2) is 27.7 Å². The molecule has 3 heterocycles.